The number of carbonyl (C=O) groups is 2. The largest absolute Gasteiger partial charge is 0.480 e. The third-order valence-electron chi connectivity index (χ3n) is 3.81. The van der Waals surface area contributed by atoms with E-state index in [0.717, 1.165) is 11.1 Å². The van der Waals surface area contributed by atoms with Crippen molar-refractivity contribution in [2.45, 2.75) is 33.3 Å². The van der Waals surface area contributed by atoms with Gasteiger partial charge < -0.3 is 14.8 Å². The van der Waals surface area contributed by atoms with Crippen LogP contribution in [-0.4, -0.2) is 25.1 Å². The van der Waals surface area contributed by atoms with E-state index in [2.05, 4.69) is 5.32 Å². The minimum absolute atomic E-state index is 0.260. The summed E-state index contributed by atoms with van der Waals surface area (Å²) in [5.41, 5.74) is 3.03. The summed E-state index contributed by atoms with van der Waals surface area (Å²) in [6.07, 6.45) is -0.0984. The van der Waals surface area contributed by atoms with E-state index in [9.17, 15) is 9.59 Å². The van der Waals surface area contributed by atoms with Gasteiger partial charge in [0, 0.05) is 5.69 Å². The molecule has 2 aromatic rings. The molecule has 2 aromatic carbocycles. The number of hydrogen-bond acceptors (Lipinski definition) is 4. The first-order chi connectivity index (χ1) is 11.9. The molecule has 0 saturated carbocycles. The second-order valence-corrected chi connectivity index (χ2v) is 5.85. The SMILES string of the molecule is CC[C@H](Oc1ccc(C)cc1C)C(=O)Nc1cccc(C(=O)OC)c1. The quantitative estimate of drug-likeness (QED) is 0.810. The molecule has 0 aromatic heterocycles. The van der Waals surface area contributed by atoms with Gasteiger partial charge in [0.15, 0.2) is 6.10 Å². The second-order valence-electron chi connectivity index (χ2n) is 5.85. The summed E-state index contributed by atoms with van der Waals surface area (Å²) in [6.45, 7) is 5.85. The van der Waals surface area contributed by atoms with E-state index >= 15 is 0 Å². The van der Waals surface area contributed by atoms with Crippen LogP contribution in [-0.2, 0) is 9.53 Å². The van der Waals surface area contributed by atoms with Gasteiger partial charge in [-0.3, -0.25) is 4.79 Å². The van der Waals surface area contributed by atoms with Crippen LogP contribution >= 0.6 is 0 Å². The lowest BCUT2D eigenvalue weighted by Crippen LogP contribution is -2.32. The van der Waals surface area contributed by atoms with Gasteiger partial charge in [-0.2, -0.15) is 0 Å². The number of ether oxygens (including phenoxy) is 2. The van der Waals surface area contributed by atoms with E-state index < -0.39 is 12.1 Å². The Hall–Kier alpha value is -2.82. The maximum Gasteiger partial charge on any atom is 0.337 e. The summed E-state index contributed by atoms with van der Waals surface area (Å²) >= 11 is 0. The molecule has 0 aliphatic rings. The molecule has 0 radical (unpaired) electrons. The van der Waals surface area contributed by atoms with Crippen molar-refractivity contribution in [2.24, 2.45) is 0 Å². The number of hydrogen-bond donors (Lipinski definition) is 1. The minimum Gasteiger partial charge on any atom is -0.480 e. The molecule has 0 spiro atoms. The highest BCUT2D eigenvalue weighted by molar-refractivity contribution is 5.96. The molecule has 0 aliphatic carbocycles. The van der Waals surface area contributed by atoms with Crippen molar-refractivity contribution < 1.29 is 19.1 Å². The molecule has 1 N–H and O–H groups in total. The molecular formula is C20H23NO4. The Bertz CT molecular complexity index is 770. The number of esters is 1. The Morgan fingerprint density at radius 2 is 1.88 bits per heavy atom. The van der Waals surface area contributed by atoms with Crippen LogP contribution in [0.2, 0.25) is 0 Å². The minimum atomic E-state index is -0.622. The first kappa shape index (κ1) is 18.5. The van der Waals surface area contributed by atoms with Crippen molar-refractivity contribution in [3.05, 3.63) is 59.2 Å². The first-order valence-corrected chi connectivity index (χ1v) is 8.17. The van der Waals surface area contributed by atoms with E-state index in [1.165, 1.54) is 7.11 Å². The Labute approximate surface area is 148 Å². The van der Waals surface area contributed by atoms with Gasteiger partial charge >= 0.3 is 5.97 Å². The molecule has 0 saturated heterocycles. The zero-order valence-corrected chi connectivity index (χ0v) is 15.0. The number of aryl methyl sites for hydroxylation is 2. The number of methoxy groups -OCH3 is 1. The average molecular weight is 341 g/mol. The van der Waals surface area contributed by atoms with Gasteiger partial charge in [0.25, 0.3) is 5.91 Å². The first-order valence-electron chi connectivity index (χ1n) is 8.17. The number of nitrogens with one attached hydrogen (secondary N) is 1. The smallest absolute Gasteiger partial charge is 0.337 e. The van der Waals surface area contributed by atoms with Crippen LogP contribution in [0.25, 0.3) is 0 Å². The summed E-state index contributed by atoms with van der Waals surface area (Å²) < 4.78 is 10.6. The van der Waals surface area contributed by atoms with Crippen LogP contribution in [0.5, 0.6) is 5.75 Å². The molecule has 0 unspecified atom stereocenters. The molecular weight excluding hydrogens is 318 g/mol. The zero-order valence-electron chi connectivity index (χ0n) is 15.0. The summed E-state index contributed by atoms with van der Waals surface area (Å²) in [5, 5.41) is 2.79. The van der Waals surface area contributed by atoms with Gasteiger partial charge in [-0.15, -0.1) is 0 Å². The summed E-state index contributed by atoms with van der Waals surface area (Å²) in [6, 6.07) is 12.4. The maximum absolute atomic E-state index is 12.5. The fourth-order valence-electron chi connectivity index (χ4n) is 2.47. The van der Waals surface area contributed by atoms with Crippen molar-refractivity contribution in [1.29, 1.82) is 0 Å². The normalized spacial score (nSPS) is 11.5. The molecule has 1 amide bonds. The fraction of sp³-hybridized carbons (Fsp3) is 0.300. The van der Waals surface area contributed by atoms with E-state index in [1.54, 1.807) is 24.3 Å². The molecule has 25 heavy (non-hydrogen) atoms. The van der Waals surface area contributed by atoms with Crippen molar-refractivity contribution >= 4 is 17.6 Å². The predicted octanol–water partition coefficient (Wildman–Crippen LogP) is 3.89. The van der Waals surface area contributed by atoms with Crippen molar-refractivity contribution in [1.82, 2.24) is 0 Å². The Kier molecular flexibility index (Phi) is 6.17. The number of rotatable bonds is 6. The molecule has 0 bridgehead atoms. The van der Waals surface area contributed by atoms with E-state index in [4.69, 9.17) is 9.47 Å². The van der Waals surface area contributed by atoms with Gasteiger partial charge in [-0.05, 0) is 50.1 Å². The fourth-order valence-corrected chi connectivity index (χ4v) is 2.47. The number of anilines is 1. The third kappa shape index (κ3) is 4.83. The van der Waals surface area contributed by atoms with Crippen LogP contribution in [0.4, 0.5) is 5.69 Å². The molecule has 132 valence electrons. The van der Waals surface area contributed by atoms with Crippen LogP contribution < -0.4 is 10.1 Å². The molecule has 1 atom stereocenters. The highest BCUT2D eigenvalue weighted by Gasteiger charge is 2.20. The van der Waals surface area contributed by atoms with E-state index in [0.29, 0.717) is 23.4 Å². The highest BCUT2D eigenvalue weighted by atomic mass is 16.5. The third-order valence-corrected chi connectivity index (χ3v) is 3.81. The van der Waals surface area contributed by atoms with Crippen LogP contribution in [0, 0.1) is 13.8 Å². The lowest BCUT2D eigenvalue weighted by atomic mass is 10.1. The van der Waals surface area contributed by atoms with E-state index in [-0.39, 0.29) is 5.91 Å². The van der Waals surface area contributed by atoms with Crippen molar-refractivity contribution in [3.63, 3.8) is 0 Å². The number of amides is 1. The second kappa shape index (κ2) is 8.33. The Morgan fingerprint density at radius 1 is 1.12 bits per heavy atom. The van der Waals surface area contributed by atoms with Gasteiger partial charge in [-0.1, -0.05) is 30.7 Å². The summed E-state index contributed by atoms with van der Waals surface area (Å²) in [5.74, 6) is -0.0185. The Balaban J connectivity index is 2.11. The molecule has 0 heterocycles. The topological polar surface area (TPSA) is 64.6 Å². The van der Waals surface area contributed by atoms with Crippen LogP contribution in [0.15, 0.2) is 42.5 Å². The highest BCUT2D eigenvalue weighted by Crippen LogP contribution is 2.21. The standard InChI is InChI=1S/C20H23NO4/c1-5-17(25-18-10-9-13(2)11-14(18)3)19(22)21-16-8-6-7-15(12-16)20(23)24-4/h6-12,17H,5H2,1-4H3,(H,21,22)/t17-/m0/s1. The Morgan fingerprint density at radius 3 is 2.52 bits per heavy atom. The molecule has 2 rings (SSSR count). The maximum atomic E-state index is 12.5. The summed E-state index contributed by atoms with van der Waals surface area (Å²) in [4.78, 5) is 24.1. The lowest BCUT2D eigenvalue weighted by molar-refractivity contribution is -0.122. The molecule has 0 aliphatic heterocycles. The van der Waals surface area contributed by atoms with Gasteiger partial charge in [0.05, 0.1) is 12.7 Å². The predicted molar refractivity (Wildman–Crippen MR) is 97.0 cm³/mol. The zero-order chi connectivity index (χ0) is 18.4. The summed E-state index contributed by atoms with van der Waals surface area (Å²) in [7, 11) is 1.32. The number of benzene rings is 2. The van der Waals surface area contributed by atoms with Crippen molar-refractivity contribution in [3.8, 4) is 5.75 Å². The lowest BCUT2D eigenvalue weighted by Gasteiger charge is -2.19. The van der Waals surface area contributed by atoms with Crippen molar-refractivity contribution in [2.75, 3.05) is 12.4 Å². The molecule has 5 nitrogen and oxygen atoms in total. The van der Waals surface area contributed by atoms with Gasteiger partial charge in [0.2, 0.25) is 0 Å². The molecule has 0 fully saturated rings. The van der Waals surface area contributed by atoms with Gasteiger partial charge in [0.1, 0.15) is 5.75 Å². The number of carbonyl (C=O) groups excluding carboxylic acids is 2. The van der Waals surface area contributed by atoms with Crippen LogP contribution in [0.3, 0.4) is 0 Å². The molecule has 5 heteroatoms. The van der Waals surface area contributed by atoms with E-state index in [1.807, 2.05) is 39.0 Å². The monoisotopic (exact) mass is 341 g/mol. The van der Waals surface area contributed by atoms with Gasteiger partial charge in [-0.25, -0.2) is 4.79 Å². The van der Waals surface area contributed by atoms with Crippen LogP contribution in [0.1, 0.15) is 34.8 Å². The average Bonchev–Trinajstić information content (AvgIpc) is 2.60.